The van der Waals surface area contributed by atoms with Crippen molar-refractivity contribution in [2.45, 2.75) is 0 Å². The first-order valence-corrected chi connectivity index (χ1v) is 1.72. The molecule has 0 bridgehead atoms. The fourth-order valence-electron chi connectivity index (χ4n) is 0.249. The zero-order chi connectivity index (χ0) is 5.11. The predicted octanol–water partition coefficient (Wildman–Crippen LogP) is 0.559. The van der Waals surface area contributed by atoms with Crippen LogP contribution in [-0.4, -0.2) is 12.9 Å². The number of nitrogens with zero attached hydrogens (tertiary/aromatic N) is 1. The molecule has 32 valence electrons. The summed E-state index contributed by atoms with van der Waals surface area (Å²) in [6.45, 7) is 0.582. The van der Waals surface area contributed by atoms with Crippen LogP contribution >= 0.6 is 0 Å². The van der Waals surface area contributed by atoms with Gasteiger partial charge in [0.2, 0.25) is 0 Å². The molecule has 1 rings (SSSR count). The maximum atomic E-state index is 6.75. The molecule has 6 heavy (non-hydrogen) atoms. The molecule has 0 saturated carbocycles. The first kappa shape index (κ1) is 2.39. The minimum absolute atomic E-state index is 0.00231. The topological polar surface area (TPSA) is 21.6 Å². The molecule has 1 aliphatic heterocycles. The molecule has 0 saturated heterocycles. The maximum Gasteiger partial charge on any atom is 0.176 e. The van der Waals surface area contributed by atoms with Gasteiger partial charge in [0.15, 0.2) is 6.38 Å². The Labute approximate surface area is 37.6 Å². The highest BCUT2D eigenvalue weighted by atomic mass is 16.5. The Morgan fingerprint density at radius 2 is 3.00 bits per heavy atom. The van der Waals surface area contributed by atoms with E-state index in [0.717, 1.165) is 0 Å². The highest BCUT2D eigenvalue weighted by Gasteiger charge is 1.76. The van der Waals surface area contributed by atoms with E-state index in [4.69, 9.17) is 1.37 Å². The van der Waals surface area contributed by atoms with Crippen molar-refractivity contribution in [1.82, 2.24) is 0 Å². The van der Waals surface area contributed by atoms with Crippen molar-refractivity contribution in [3.8, 4) is 0 Å². The third-order valence-corrected chi connectivity index (χ3v) is 0.478. The minimum Gasteiger partial charge on any atom is -0.454 e. The molecule has 0 aliphatic carbocycles. The van der Waals surface area contributed by atoms with E-state index in [9.17, 15) is 0 Å². The molecule has 0 aromatic heterocycles. The SMILES string of the molecule is [2H]C1=NCC=CO1. The van der Waals surface area contributed by atoms with Gasteiger partial charge in [0.05, 0.1) is 12.8 Å². The first-order valence-electron chi connectivity index (χ1n) is 2.22. The summed E-state index contributed by atoms with van der Waals surface area (Å²) in [5.41, 5.74) is 0. The Balaban J connectivity index is 2.50. The molecular formula is C4H5NO. The van der Waals surface area contributed by atoms with Crippen molar-refractivity contribution < 1.29 is 6.11 Å². The zero-order valence-corrected chi connectivity index (χ0v) is 3.22. The van der Waals surface area contributed by atoms with Crippen LogP contribution in [0.1, 0.15) is 1.37 Å². The Kier molecular flexibility index (Phi) is 0.638. The van der Waals surface area contributed by atoms with Gasteiger partial charge in [-0.3, -0.25) is 4.99 Å². The lowest BCUT2D eigenvalue weighted by atomic mass is 10.6. The standard InChI is InChI=1S/C4H5NO/c1-2-5-4-6-3-1/h1,3-4H,2H2/i4D. The van der Waals surface area contributed by atoms with Crippen LogP contribution in [-0.2, 0) is 4.74 Å². The number of ether oxygens (including phenoxy) is 1. The lowest BCUT2D eigenvalue weighted by Gasteiger charge is -1.91. The van der Waals surface area contributed by atoms with Crippen LogP contribution in [0.25, 0.3) is 0 Å². The van der Waals surface area contributed by atoms with Crippen molar-refractivity contribution in [1.29, 1.82) is 0 Å². The van der Waals surface area contributed by atoms with Crippen LogP contribution in [0.3, 0.4) is 0 Å². The second-order valence-electron chi connectivity index (χ2n) is 0.922. The van der Waals surface area contributed by atoms with E-state index < -0.39 is 0 Å². The summed E-state index contributed by atoms with van der Waals surface area (Å²) in [5, 5.41) is 0. The highest BCUT2D eigenvalue weighted by Crippen LogP contribution is 1.81. The third-order valence-electron chi connectivity index (χ3n) is 0.478. The Hall–Kier alpha value is -0.790. The van der Waals surface area contributed by atoms with Gasteiger partial charge in [0.1, 0.15) is 1.37 Å². The van der Waals surface area contributed by atoms with E-state index in [1.807, 2.05) is 0 Å². The summed E-state index contributed by atoms with van der Waals surface area (Å²) in [6.07, 6.45) is 3.22. The molecule has 0 unspecified atom stereocenters. The highest BCUT2D eigenvalue weighted by molar-refractivity contribution is 5.48. The summed E-state index contributed by atoms with van der Waals surface area (Å²) >= 11 is 0. The van der Waals surface area contributed by atoms with E-state index in [-0.39, 0.29) is 6.38 Å². The average Bonchev–Trinajstić information content (AvgIpc) is 1.69. The second kappa shape index (κ2) is 1.60. The molecule has 0 N–H and O–H groups in total. The van der Waals surface area contributed by atoms with E-state index in [1.165, 1.54) is 6.26 Å². The molecule has 0 aromatic carbocycles. The monoisotopic (exact) mass is 84.0 g/mol. The van der Waals surface area contributed by atoms with Crippen molar-refractivity contribution >= 4 is 6.38 Å². The molecule has 0 fully saturated rings. The summed E-state index contributed by atoms with van der Waals surface area (Å²) in [5.74, 6) is 0. The molecule has 0 atom stereocenters. The molecule has 0 spiro atoms. The molecule has 1 aliphatic rings. The quantitative estimate of drug-likeness (QED) is 0.420. The summed E-state index contributed by atoms with van der Waals surface area (Å²) in [6, 6.07) is 0. The van der Waals surface area contributed by atoms with Crippen LogP contribution in [0.15, 0.2) is 17.3 Å². The lowest BCUT2D eigenvalue weighted by Crippen LogP contribution is -1.84. The largest absolute Gasteiger partial charge is 0.454 e. The van der Waals surface area contributed by atoms with Gasteiger partial charge in [-0.25, -0.2) is 0 Å². The van der Waals surface area contributed by atoms with Crippen LogP contribution in [0, 0.1) is 0 Å². The van der Waals surface area contributed by atoms with Crippen molar-refractivity contribution in [3.63, 3.8) is 0 Å². The molecular weight excluding hydrogens is 78.0 g/mol. The van der Waals surface area contributed by atoms with Gasteiger partial charge in [-0.1, -0.05) is 0 Å². The minimum atomic E-state index is 0.00231. The van der Waals surface area contributed by atoms with Crippen LogP contribution in [0.4, 0.5) is 0 Å². The summed E-state index contributed by atoms with van der Waals surface area (Å²) in [7, 11) is 0. The van der Waals surface area contributed by atoms with Gasteiger partial charge < -0.3 is 4.74 Å². The number of hydrogen-bond donors (Lipinski definition) is 0. The number of rotatable bonds is 0. The van der Waals surface area contributed by atoms with Crippen molar-refractivity contribution in [2.24, 2.45) is 4.99 Å². The Morgan fingerprint density at radius 1 is 2.00 bits per heavy atom. The second-order valence-corrected chi connectivity index (χ2v) is 0.922. The lowest BCUT2D eigenvalue weighted by molar-refractivity contribution is 0.482. The smallest absolute Gasteiger partial charge is 0.176 e. The van der Waals surface area contributed by atoms with Gasteiger partial charge in [-0.2, -0.15) is 0 Å². The van der Waals surface area contributed by atoms with E-state index in [0.29, 0.717) is 6.54 Å². The van der Waals surface area contributed by atoms with Crippen LogP contribution in [0.5, 0.6) is 0 Å². The first-order chi connectivity index (χ1) is 3.39. The normalized spacial score (nSPS) is 21.3. The number of aliphatic imine (C=N–C) groups is 1. The molecule has 0 amide bonds. The van der Waals surface area contributed by atoms with Crippen molar-refractivity contribution in [3.05, 3.63) is 12.3 Å². The number of hydrogen-bond acceptors (Lipinski definition) is 2. The van der Waals surface area contributed by atoms with E-state index in [1.54, 1.807) is 6.08 Å². The maximum absolute atomic E-state index is 6.75. The predicted molar refractivity (Wildman–Crippen MR) is 23.6 cm³/mol. The van der Waals surface area contributed by atoms with Crippen molar-refractivity contribution in [2.75, 3.05) is 6.54 Å². The average molecular weight is 84.1 g/mol. The molecule has 2 nitrogen and oxygen atoms in total. The van der Waals surface area contributed by atoms with Gasteiger partial charge in [-0.15, -0.1) is 0 Å². The fourth-order valence-corrected chi connectivity index (χ4v) is 0.249. The van der Waals surface area contributed by atoms with Gasteiger partial charge in [-0.05, 0) is 6.08 Å². The van der Waals surface area contributed by atoms with Gasteiger partial charge >= 0.3 is 0 Å². The zero-order valence-electron chi connectivity index (χ0n) is 4.22. The fraction of sp³-hybridized carbons (Fsp3) is 0.250. The molecule has 0 radical (unpaired) electrons. The molecule has 1 heterocycles. The molecule has 2 heteroatoms. The van der Waals surface area contributed by atoms with Gasteiger partial charge in [0.25, 0.3) is 0 Å². The summed E-state index contributed by atoms with van der Waals surface area (Å²) in [4.78, 5) is 3.60. The van der Waals surface area contributed by atoms with Crippen LogP contribution < -0.4 is 0 Å². The van der Waals surface area contributed by atoms with Gasteiger partial charge in [0, 0.05) is 0 Å². The van der Waals surface area contributed by atoms with E-state index in [2.05, 4.69) is 9.73 Å². The molecule has 0 aromatic rings. The Morgan fingerprint density at radius 3 is 3.33 bits per heavy atom. The van der Waals surface area contributed by atoms with E-state index >= 15 is 0 Å². The Bertz CT molecular complexity index is 119. The van der Waals surface area contributed by atoms with Crippen LogP contribution in [0.2, 0.25) is 0 Å². The third kappa shape index (κ3) is 0.578. The summed E-state index contributed by atoms with van der Waals surface area (Å²) < 4.78 is 11.3.